The number of anilines is 1. The molecule has 1 fully saturated rings. The second-order valence-corrected chi connectivity index (χ2v) is 9.31. The van der Waals surface area contributed by atoms with Gasteiger partial charge in [-0.05, 0) is 35.4 Å². The van der Waals surface area contributed by atoms with E-state index in [9.17, 15) is 14.7 Å². The Hall–Kier alpha value is -4.79. The molecule has 1 unspecified atom stereocenters. The number of benzene rings is 3. The Balaban J connectivity index is 1.48. The fourth-order valence-corrected chi connectivity index (χ4v) is 5.46. The number of carbonyl (C=O) groups is 1. The van der Waals surface area contributed by atoms with E-state index in [-0.39, 0.29) is 22.7 Å². The first-order valence-corrected chi connectivity index (χ1v) is 11.9. The predicted octanol–water partition coefficient (Wildman–Crippen LogP) is 4.87. The molecule has 0 spiro atoms. The molecular weight excluding hydrogens is 475 g/mol. The highest BCUT2D eigenvalue weighted by molar-refractivity contribution is 6.00. The summed E-state index contributed by atoms with van der Waals surface area (Å²) in [6.45, 7) is 1.06. The van der Waals surface area contributed by atoms with Crippen molar-refractivity contribution in [1.29, 1.82) is 0 Å². The molecule has 1 saturated heterocycles. The van der Waals surface area contributed by atoms with Crippen molar-refractivity contribution < 1.29 is 19.0 Å². The van der Waals surface area contributed by atoms with Gasteiger partial charge in [-0.1, -0.05) is 24.3 Å². The molecule has 0 saturated carbocycles. The Bertz CT molecular complexity index is 1820. The third-order valence-corrected chi connectivity index (χ3v) is 7.21. The monoisotopic (exact) mass is 494 g/mol. The minimum atomic E-state index is -1.37. The Morgan fingerprint density at radius 1 is 1.14 bits per heavy atom. The Morgan fingerprint density at radius 2 is 1.95 bits per heavy atom. The molecule has 0 aliphatic carbocycles. The van der Waals surface area contributed by atoms with E-state index >= 15 is 4.39 Å². The molecule has 2 aliphatic rings. The number of rotatable bonds is 3. The smallest absolute Gasteiger partial charge is 0.341 e. The molecule has 37 heavy (non-hydrogen) atoms. The van der Waals surface area contributed by atoms with Crippen LogP contribution in [0.3, 0.4) is 0 Å². The lowest BCUT2D eigenvalue weighted by molar-refractivity contribution is 0.0695. The van der Waals surface area contributed by atoms with Crippen molar-refractivity contribution in [1.82, 2.24) is 14.5 Å². The van der Waals surface area contributed by atoms with Crippen LogP contribution in [0, 0.1) is 5.82 Å². The summed E-state index contributed by atoms with van der Waals surface area (Å²) < 4.78 is 23.8. The van der Waals surface area contributed by atoms with Crippen LogP contribution in [0.2, 0.25) is 0 Å². The van der Waals surface area contributed by atoms with Gasteiger partial charge in [-0.25, -0.2) is 9.18 Å². The SMILES string of the molecule is O=C(O)c1cn2c3c(c(N4CCC(c5cnccn5)C4)c(F)cc3c1=O)Oc1cc3ccccc3cc1-2. The third kappa shape index (κ3) is 3.20. The van der Waals surface area contributed by atoms with E-state index in [0.717, 1.165) is 29.0 Å². The number of hydrogen-bond donors (Lipinski definition) is 1. The summed E-state index contributed by atoms with van der Waals surface area (Å²) in [5.41, 5.74) is 0.814. The fourth-order valence-electron chi connectivity index (χ4n) is 5.46. The van der Waals surface area contributed by atoms with Crippen LogP contribution in [0.15, 0.2) is 72.0 Å². The van der Waals surface area contributed by atoms with Gasteiger partial charge in [-0.15, -0.1) is 0 Å². The summed E-state index contributed by atoms with van der Waals surface area (Å²) in [5.74, 6) is -1.30. The summed E-state index contributed by atoms with van der Waals surface area (Å²) in [6, 6.07) is 12.6. The zero-order chi connectivity index (χ0) is 25.3. The molecule has 4 heterocycles. The number of halogens is 1. The van der Waals surface area contributed by atoms with Crippen molar-refractivity contribution in [3.05, 3.63) is 94.5 Å². The van der Waals surface area contributed by atoms with E-state index in [1.54, 1.807) is 23.2 Å². The highest BCUT2D eigenvalue weighted by atomic mass is 19.1. The molecule has 3 aromatic carbocycles. The van der Waals surface area contributed by atoms with Crippen molar-refractivity contribution in [3.8, 4) is 17.2 Å². The molecule has 2 aliphatic heterocycles. The second-order valence-electron chi connectivity index (χ2n) is 9.31. The number of nitrogens with zero attached hydrogens (tertiary/aromatic N) is 4. The molecule has 1 N–H and O–H groups in total. The number of carboxylic acid groups (broad SMARTS) is 1. The van der Waals surface area contributed by atoms with Gasteiger partial charge in [0, 0.05) is 43.8 Å². The van der Waals surface area contributed by atoms with Crippen LogP contribution in [0.25, 0.3) is 27.4 Å². The maximum atomic E-state index is 15.8. The summed E-state index contributed by atoms with van der Waals surface area (Å²) in [4.78, 5) is 35.5. The van der Waals surface area contributed by atoms with Gasteiger partial charge in [-0.2, -0.15) is 0 Å². The first-order valence-electron chi connectivity index (χ1n) is 11.9. The first kappa shape index (κ1) is 21.5. The van der Waals surface area contributed by atoms with Crippen LogP contribution in [0.5, 0.6) is 11.5 Å². The molecule has 182 valence electrons. The lowest BCUT2D eigenvalue weighted by atomic mass is 10.0. The van der Waals surface area contributed by atoms with Crippen molar-refractivity contribution >= 4 is 33.3 Å². The van der Waals surface area contributed by atoms with Crippen LogP contribution >= 0.6 is 0 Å². The zero-order valence-corrected chi connectivity index (χ0v) is 19.4. The maximum absolute atomic E-state index is 15.8. The van der Waals surface area contributed by atoms with E-state index < -0.39 is 22.8 Å². The number of hydrogen-bond acceptors (Lipinski definition) is 6. The van der Waals surface area contributed by atoms with Gasteiger partial charge < -0.3 is 19.3 Å². The van der Waals surface area contributed by atoms with Crippen molar-refractivity contribution in [3.63, 3.8) is 0 Å². The summed E-state index contributed by atoms with van der Waals surface area (Å²) >= 11 is 0. The van der Waals surface area contributed by atoms with Gasteiger partial charge in [-0.3, -0.25) is 14.8 Å². The van der Waals surface area contributed by atoms with Gasteiger partial charge in [0.15, 0.2) is 17.3 Å². The van der Waals surface area contributed by atoms with Crippen molar-refractivity contribution in [2.75, 3.05) is 18.0 Å². The summed E-state index contributed by atoms with van der Waals surface area (Å²) in [5, 5.41) is 11.5. The quantitative estimate of drug-likeness (QED) is 0.375. The van der Waals surface area contributed by atoms with Crippen molar-refractivity contribution in [2.24, 2.45) is 0 Å². The summed E-state index contributed by atoms with van der Waals surface area (Å²) in [7, 11) is 0. The Morgan fingerprint density at radius 3 is 2.70 bits per heavy atom. The molecule has 1 atom stereocenters. The molecule has 0 amide bonds. The Labute approximate surface area is 209 Å². The van der Waals surface area contributed by atoms with Gasteiger partial charge in [0.1, 0.15) is 16.8 Å². The number of carboxylic acids is 1. The molecule has 5 aromatic rings. The topological polar surface area (TPSA) is 97.5 Å². The van der Waals surface area contributed by atoms with Gasteiger partial charge in [0.05, 0.1) is 16.8 Å². The number of ether oxygens (including phenoxy) is 1. The Kier molecular flexibility index (Phi) is 4.56. The third-order valence-electron chi connectivity index (χ3n) is 7.21. The van der Waals surface area contributed by atoms with E-state index in [1.165, 1.54) is 6.20 Å². The highest BCUT2D eigenvalue weighted by Crippen LogP contribution is 2.48. The van der Waals surface area contributed by atoms with Gasteiger partial charge >= 0.3 is 5.97 Å². The second kappa shape index (κ2) is 7.86. The number of aromatic nitrogens is 3. The highest BCUT2D eigenvalue weighted by Gasteiger charge is 2.34. The van der Waals surface area contributed by atoms with Crippen LogP contribution in [0.1, 0.15) is 28.4 Å². The molecule has 2 aromatic heterocycles. The van der Waals surface area contributed by atoms with E-state index in [0.29, 0.717) is 30.0 Å². The normalized spacial score (nSPS) is 16.1. The molecule has 8 nitrogen and oxygen atoms in total. The largest absolute Gasteiger partial charge is 0.477 e. The van der Waals surface area contributed by atoms with Crippen molar-refractivity contribution in [2.45, 2.75) is 12.3 Å². The zero-order valence-electron chi connectivity index (χ0n) is 19.4. The first-order chi connectivity index (χ1) is 18.0. The van der Waals surface area contributed by atoms with Crippen LogP contribution in [-0.2, 0) is 0 Å². The molecule has 0 bridgehead atoms. The average Bonchev–Trinajstić information content (AvgIpc) is 3.39. The molecule has 0 radical (unpaired) electrons. The molecular formula is C28H19FN4O4. The summed E-state index contributed by atoms with van der Waals surface area (Å²) in [6.07, 6.45) is 7.03. The molecule has 9 heteroatoms. The van der Waals surface area contributed by atoms with Crippen LogP contribution < -0.4 is 15.1 Å². The number of aromatic carboxylic acids is 1. The minimum absolute atomic E-state index is 0.0420. The van der Waals surface area contributed by atoms with Gasteiger partial charge in [0.25, 0.3) is 0 Å². The number of pyridine rings is 1. The molecule has 7 rings (SSSR count). The minimum Gasteiger partial charge on any atom is -0.477 e. The van der Waals surface area contributed by atoms with E-state index in [2.05, 4.69) is 9.97 Å². The van der Waals surface area contributed by atoms with Crippen LogP contribution in [0.4, 0.5) is 10.1 Å². The standard InChI is InChI=1S/C28H19FN4O4/c29-20-11-18-24-27(25(20)32-8-5-17(13-32)21-12-30-6-7-31-21)37-23-10-16-4-2-1-3-15(16)9-22(23)33(24)14-19(26(18)34)28(35)36/h1-4,6-7,9-12,14,17H,5,8,13H2,(H,35,36). The fraction of sp³-hybridized carbons (Fsp3) is 0.143. The number of fused-ring (bicyclic) bond motifs is 3. The van der Waals surface area contributed by atoms with Crippen LogP contribution in [-0.4, -0.2) is 38.7 Å². The predicted molar refractivity (Wildman–Crippen MR) is 136 cm³/mol. The lowest BCUT2D eigenvalue weighted by Crippen LogP contribution is -2.25. The van der Waals surface area contributed by atoms with Gasteiger partial charge in [0.2, 0.25) is 5.43 Å². The maximum Gasteiger partial charge on any atom is 0.341 e. The van der Waals surface area contributed by atoms with E-state index in [1.807, 2.05) is 41.3 Å². The lowest BCUT2D eigenvalue weighted by Gasteiger charge is -2.29. The van der Waals surface area contributed by atoms with E-state index in [4.69, 9.17) is 4.74 Å². The average molecular weight is 494 g/mol.